The minimum atomic E-state index is -0.437. The van der Waals surface area contributed by atoms with Gasteiger partial charge in [0.1, 0.15) is 5.60 Å². The molecule has 2 aliphatic carbocycles. The lowest BCUT2D eigenvalue weighted by molar-refractivity contribution is 0.0497. The Hall–Kier alpha value is -1.03. The number of rotatable bonds is 4. The summed E-state index contributed by atoms with van der Waals surface area (Å²) in [5.41, 5.74) is 1.08. The third-order valence-corrected chi connectivity index (χ3v) is 4.77. The SMILES string of the molecule is CC1=CC(C)CC(CNC2CCCC2NC(=O)OC(C)(C)C)C1. The lowest BCUT2D eigenvalue weighted by Gasteiger charge is -2.29. The Morgan fingerprint density at radius 3 is 2.65 bits per heavy atom. The van der Waals surface area contributed by atoms with Crippen molar-refractivity contribution in [3.8, 4) is 0 Å². The number of hydrogen-bond acceptors (Lipinski definition) is 3. The lowest BCUT2D eigenvalue weighted by Crippen LogP contribution is -2.49. The van der Waals surface area contributed by atoms with E-state index in [9.17, 15) is 4.79 Å². The molecule has 2 aliphatic rings. The number of nitrogens with one attached hydrogen (secondary N) is 2. The van der Waals surface area contributed by atoms with Crippen LogP contribution in [0.1, 0.15) is 66.7 Å². The quantitative estimate of drug-likeness (QED) is 0.769. The molecule has 0 radical (unpaired) electrons. The lowest BCUT2D eigenvalue weighted by atomic mass is 9.83. The average molecular weight is 322 g/mol. The van der Waals surface area contributed by atoms with E-state index in [4.69, 9.17) is 4.74 Å². The van der Waals surface area contributed by atoms with E-state index in [1.54, 1.807) is 0 Å². The molecule has 1 saturated carbocycles. The number of alkyl carbamates (subject to hydrolysis) is 1. The highest BCUT2D eigenvalue weighted by molar-refractivity contribution is 5.68. The van der Waals surface area contributed by atoms with Crippen molar-refractivity contribution < 1.29 is 9.53 Å². The molecule has 4 atom stereocenters. The van der Waals surface area contributed by atoms with Gasteiger partial charge in [-0.05, 0) is 78.2 Å². The number of ether oxygens (including phenoxy) is 1. The molecule has 0 aromatic carbocycles. The molecule has 0 bridgehead atoms. The number of carbonyl (C=O) groups is 1. The molecular weight excluding hydrogens is 288 g/mol. The highest BCUT2D eigenvalue weighted by Gasteiger charge is 2.30. The Labute approximate surface area is 141 Å². The molecule has 4 heteroatoms. The van der Waals surface area contributed by atoms with Crippen molar-refractivity contribution >= 4 is 6.09 Å². The van der Waals surface area contributed by atoms with Gasteiger partial charge in [0.05, 0.1) is 0 Å². The first-order chi connectivity index (χ1) is 10.7. The van der Waals surface area contributed by atoms with Gasteiger partial charge in [0.25, 0.3) is 0 Å². The van der Waals surface area contributed by atoms with E-state index in [-0.39, 0.29) is 12.1 Å². The standard InChI is InChI=1S/C19H34N2O2/c1-13-9-14(2)11-15(10-13)12-20-16-7-6-8-17(16)21-18(22)23-19(3,4)5/h9,13,15-17,20H,6-8,10-12H2,1-5H3,(H,21,22). The van der Waals surface area contributed by atoms with Gasteiger partial charge in [0, 0.05) is 12.1 Å². The second-order valence-electron chi connectivity index (χ2n) is 8.49. The van der Waals surface area contributed by atoms with Crippen molar-refractivity contribution in [2.75, 3.05) is 6.54 Å². The van der Waals surface area contributed by atoms with E-state index in [2.05, 4.69) is 30.6 Å². The molecule has 0 aliphatic heterocycles. The van der Waals surface area contributed by atoms with Gasteiger partial charge in [-0.2, -0.15) is 0 Å². The normalized spacial score (nSPS) is 31.6. The predicted molar refractivity (Wildman–Crippen MR) is 94.4 cm³/mol. The summed E-state index contributed by atoms with van der Waals surface area (Å²) in [6.45, 7) is 11.3. The van der Waals surface area contributed by atoms with Gasteiger partial charge in [-0.3, -0.25) is 0 Å². The number of carbonyl (C=O) groups excluding carboxylic acids is 1. The topological polar surface area (TPSA) is 50.4 Å². The van der Waals surface area contributed by atoms with E-state index >= 15 is 0 Å². The summed E-state index contributed by atoms with van der Waals surface area (Å²) in [5, 5.41) is 6.77. The number of hydrogen-bond donors (Lipinski definition) is 2. The van der Waals surface area contributed by atoms with Gasteiger partial charge in [0.2, 0.25) is 0 Å². The molecule has 2 rings (SSSR count). The first-order valence-electron chi connectivity index (χ1n) is 9.13. The Balaban J connectivity index is 1.78. The fraction of sp³-hybridized carbons (Fsp3) is 0.842. The summed E-state index contributed by atoms with van der Waals surface area (Å²) >= 11 is 0. The summed E-state index contributed by atoms with van der Waals surface area (Å²) in [6, 6.07) is 0.575. The van der Waals surface area contributed by atoms with E-state index in [1.165, 1.54) is 18.4 Å². The van der Waals surface area contributed by atoms with Crippen LogP contribution >= 0.6 is 0 Å². The number of allylic oxidation sites excluding steroid dienone is 2. The Kier molecular flexibility index (Phi) is 6.12. The molecule has 1 amide bonds. The molecule has 132 valence electrons. The second-order valence-corrected chi connectivity index (χ2v) is 8.49. The zero-order valence-corrected chi connectivity index (χ0v) is 15.4. The van der Waals surface area contributed by atoms with Crippen LogP contribution in [0.2, 0.25) is 0 Å². The Morgan fingerprint density at radius 1 is 1.30 bits per heavy atom. The Morgan fingerprint density at radius 2 is 2.00 bits per heavy atom. The van der Waals surface area contributed by atoms with Crippen molar-refractivity contribution in [3.63, 3.8) is 0 Å². The summed E-state index contributed by atoms with van der Waals surface area (Å²) in [5.74, 6) is 1.41. The van der Waals surface area contributed by atoms with Crippen LogP contribution in [-0.2, 0) is 4.74 Å². The molecule has 4 nitrogen and oxygen atoms in total. The van der Waals surface area contributed by atoms with E-state index in [1.807, 2.05) is 20.8 Å². The highest BCUT2D eigenvalue weighted by Crippen LogP contribution is 2.28. The molecule has 2 N–H and O–H groups in total. The van der Waals surface area contributed by atoms with Crippen molar-refractivity contribution in [1.29, 1.82) is 0 Å². The molecule has 0 saturated heterocycles. The maximum atomic E-state index is 12.0. The average Bonchev–Trinajstić information content (AvgIpc) is 2.80. The van der Waals surface area contributed by atoms with E-state index in [0.29, 0.717) is 12.0 Å². The van der Waals surface area contributed by atoms with Crippen LogP contribution in [0.25, 0.3) is 0 Å². The highest BCUT2D eigenvalue weighted by atomic mass is 16.6. The monoisotopic (exact) mass is 322 g/mol. The maximum absolute atomic E-state index is 12.0. The zero-order chi connectivity index (χ0) is 17.0. The van der Waals surface area contributed by atoms with Crippen molar-refractivity contribution in [3.05, 3.63) is 11.6 Å². The molecule has 23 heavy (non-hydrogen) atoms. The maximum Gasteiger partial charge on any atom is 0.407 e. The molecule has 1 fully saturated rings. The van der Waals surface area contributed by atoms with Crippen LogP contribution in [0.3, 0.4) is 0 Å². The van der Waals surface area contributed by atoms with E-state index in [0.717, 1.165) is 31.7 Å². The van der Waals surface area contributed by atoms with Gasteiger partial charge in [0.15, 0.2) is 0 Å². The summed E-state index contributed by atoms with van der Waals surface area (Å²) in [4.78, 5) is 12.0. The minimum absolute atomic E-state index is 0.197. The minimum Gasteiger partial charge on any atom is -0.444 e. The molecular formula is C19H34N2O2. The zero-order valence-electron chi connectivity index (χ0n) is 15.4. The number of amides is 1. The van der Waals surface area contributed by atoms with Gasteiger partial charge in [-0.15, -0.1) is 0 Å². The second kappa shape index (κ2) is 7.69. The molecule has 0 aromatic heterocycles. The van der Waals surface area contributed by atoms with Gasteiger partial charge >= 0.3 is 6.09 Å². The van der Waals surface area contributed by atoms with Crippen LogP contribution in [0.5, 0.6) is 0 Å². The third-order valence-electron chi connectivity index (χ3n) is 4.77. The largest absolute Gasteiger partial charge is 0.444 e. The van der Waals surface area contributed by atoms with Crippen LogP contribution in [0, 0.1) is 11.8 Å². The molecule has 0 heterocycles. The van der Waals surface area contributed by atoms with Crippen molar-refractivity contribution in [2.45, 2.75) is 84.4 Å². The first kappa shape index (κ1) is 18.3. The summed E-state index contributed by atoms with van der Waals surface area (Å²) in [6.07, 6.45) is 7.92. The van der Waals surface area contributed by atoms with E-state index < -0.39 is 5.60 Å². The Bertz CT molecular complexity index is 439. The molecule has 0 spiro atoms. The van der Waals surface area contributed by atoms with Gasteiger partial charge in [-0.1, -0.05) is 18.6 Å². The van der Waals surface area contributed by atoms with Crippen LogP contribution in [0.4, 0.5) is 4.79 Å². The van der Waals surface area contributed by atoms with Gasteiger partial charge < -0.3 is 15.4 Å². The molecule has 0 aromatic rings. The summed E-state index contributed by atoms with van der Waals surface area (Å²) in [7, 11) is 0. The molecule has 4 unspecified atom stereocenters. The van der Waals surface area contributed by atoms with Crippen LogP contribution < -0.4 is 10.6 Å². The van der Waals surface area contributed by atoms with Crippen molar-refractivity contribution in [2.24, 2.45) is 11.8 Å². The fourth-order valence-corrected chi connectivity index (χ4v) is 4.00. The smallest absolute Gasteiger partial charge is 0.407 e. The van der Waals surface area contributed by atoms with Crippen LogP contribution in [-0.4, -0.2) is 30.3 Å². The van der Waals surface area contributed by atoms with Gasteiger partial charge in [-0.25, -0.2) is 4.79 Å². The van der Waals surface area contributed by atoms with Crippen molar-refractivity contribution in [1.82, 2.24) is 10.6 Å². The van der Waals surface area contributed by atoms with Crippen LogP contribution in [0.15, 0.2) is 11.6 Å². The first-order valence-corrected chi connectivity index (χ1v) is 9.13. The summed E-state index contributed by atoms with van der Waals surface area (Å²) < 4.78 is 5.39. The predicted octanol–water partition coefficient (Wildman–Crippen LogP) is 4.01. The third kappa shape index (κ3) is 6.17. The fourth-order valence-electron chi connectivity index (χ4n) is 4.00.